The van der Waals surface area contributed by atoms with Crippen molar-refractivity contribution >= 4 is 34.6 Å². The Labute approximate surface area is 113 Å². The maximum absolute atomic E-state index is 13.5. The van der Waals surface area contributed by atoms with Crippen LogP contribution in [0.15, 0.2) is 36.4 Å². The van der Waals surface area contributed by atoms with Crippen LogP contribution in [0.5, 0.6) is 0 Å². The van der Waals surface area contributed by atoms with E-state index >= 15 is 0 Å². The monoisotopic (exact) mass is 280 g/mol. The van der Waals surface area contributed by atoms with E-state index < -0.39 is 11.8 Å². The van der Waals surface area contributed by atoms with E-state index in [0.717, 1.165) is 0 Å². The number of nitrogen functional groups attached to an aromatic ring is 1. The minimum absolute atomic E-state index is 0.0487. The molecule has 0 bridgehead atoms. The first-order valence-corrected chi connectivity index (χ1v) is 5.70. The number of rotatable bonds is 3. The van der Waals surface area contributed by atoms with Crippen LogP contribution in [0.4, 0.5) is 21.5 Å². The predicted octanol–water partition coefficient (Wildman–Crippen LogP) is 3.50. The number of hydrogen-bond acceptors (Lipinski definition) is 3. The standard InChI is InChI=1S/C13H10ClFN2O2/c14-7-1-3-10(15)12(5-7)17-8-2-4-11(16)9(6-8)13(18)19/h1-6,17H,16H2,(H,18,19). The fourth-order valence-corrected chi connectivity index (χ4v) is 1.74. The van der Waals surface area contributed by atoms with Crippen molar-refractivity contribution in [2.24, 2.45) is 0 Å². The number of carboxylic acid groups (broad SMARTS) is 1. The first-order chi connectivity index (χ1) is 8.97. The zero-order valence-corrected chi connectivity index (χ0v) is 10.4. The molecule has 0 fully saturated rings. The van der Waals surface area contributed by atoms with Crippen molar-refractivity contribution in [2.75, 3.05) is 11.1 Å². The molecule has 2 rings (SSSR count). The molecule has 0 aromatic heterocycles. The largest absolute Gasteiger partial charge is 0.478 e. The molecule has 98 valence electrons. The van der Waals surface area contributed by atoms with E-state index in [1.807, 2.05) is 0 Å². The Kier molecular flexibility index (Phi) is 3.57. The molecule has 19 heavy (non-hydrogen) atoms. The summed E-state index contributed by atoms with van der Waals surface area (Å²) in [5.74, 6) is -1.63. The van der Waals surface area contributed by atoms with Crippen molar-refractivity contribution in [3.05, 3.63) is 52.8 Å². The lowest BCUT2D eigenvalue weighted by atomic mass is 10.1. The van der Waals surface area contributed by atoms with Gasteiger partial charge in [0.05, 0.1) is 11.3 Å². The van der Waals surface area contributed by atoms with Crippen molar-refractivity contribution in [3.8, 4) is 0 Å². The number of hydrogen-bond donors (Lipinski definition) is 3. The molecular formula is C13H10ClFN2O2. The SMILES string of the molecule is Nc1ccc(Nc2cc(Cl)ccc2F)cc1C(=O)O. The zero-order valence-electron chi connectivity index (χ0n) is 9.65. The van der Waals surface area contributed by atoms with Gasteiger partial charge in [0.1, 0.15) is 5.82 Å². The van der Waals surface area contributed by atoms with Gasteiger partial charge in [-0.05, 0) is 36.4 Å². The molecule has 2 aromatic carbocycles. The molecule has 4 nitrogen and oxygen atoms in total. The molecule has 0 aliphatic rings. The topological polar surface area (TPSA) is 75.3 Å². The van der Waals surface area contributed by atoms with Crippen LogP contribution in [-0.4, -0.2) is 11.1 Å². The number of nitrogens with two attached hydrogens (primary N) is 1. The van der Waals surface area contributed by atoms with Crippen LogP contribution in [-0.2, 0) is 0 Å². The lowest BCUT2D eigenvalue weighted by Crippen LogP contribution is -2.03. The number of aromatic carboxylic acids is 1. The Balaban J connectivity index is 2.36. The highest BCUT2D eigenvalue weighted by atomic mass is 35.5. The van der Waals surface area contributed by atoms with E-state index in [0.29, 0.717) is 10.7 Å². The minimum Gasteiger partial charge on any atom is -0.478 e. The fourth-order valence-electron chi connectivity index (χ4n) is 1.57. The van der Waals surface area contributed by atoms with Crippen LogP contribution in [0, 0.1) is 5.82 Å². The first-order valence-electron chi connectivity index (χ1n) is 5.32. The average Bonchev–Trinajstić information content (AvgIpc) is 2.36. The van der Waals surface area contributed by atoms with E-state index in [4.69, 9.17) is 22.4 Å². The molecule has 0 amide bonds. The summed E-state index contributed by atoms with van der Waals surface area (Å²) in [6.45, 7) is 0. The number of halogens is 2. The molecular weight excluding hydrogens is 271 g/mol. The van der Waals surface area contributed by atoms with E-state index in [1.54, 1.807) is 6.07 Å². The lowest BCUT2D eigenvalue weighted by molar-refractivity contribution is 0.0698. The van der Waals surface area contributed by atoms with E-state index in [2.05, 4.69) is 5.32 Å². The smallest absolute Gasteiger partial charge is 0.337 e. The Morgan fingerprint density at radius 3 is 2.68 bits per heavy atom. The van der Waals surface area contributed by atoms with Gasteiger partial charge in [0.25, 0.3) is 0 Å². The number of carbonyl (C=O) groups is 1. The highest BCUT2D eigenvalue weighted by Crippen LogP contribution is 2.25. The van der Waals surface area contributed by atoms with Crippen molar-refractivity contribution in [2.45, 2.75) is 0 Å². The second-order valence-electron chi connectivity index (χ2n) is 3.86. The Hall–Kier alpha value is -2.27. The molecule has 0 saturated carbocycles. The quantitative estimate of drug-likeness (QED) is 0.752. The van der Waals surface area contributed by atoms with E-state index in [1.165, 1.54) is 30.3 Å². The van der Waals surface area contributed by atoms with Crippen molar-refractivity contribution in [1.82, 2.24) is 0 Å². The zero-order chi connectivity index (χ0) is 14.0. The van der Waals surface area contributed by atoms with Crippen LogP contribution >= 0.6 is 11.6 Å². The van der Waals surface area contributed by atoms with Crippen LogP contribution in [0.3, 0.4) is 0 Å². The molecule has 0 radical (unpaired) electrons. The molecule has 0 spiro atoms. The van der Waals surface area contributed by atoms with Crippen LogP contribution < -0.4 is 11.1 Å². The third-order valence-corrected chi connectivity index (χ3v) is 2.73. The van der Waals surface area contributed by atoms with Gasteiger partial charge in [0, 0.05) is 16.4 Å². The van der Waals surface area contributed by atoms with E-state index in [9.17, 15) is 9.18 Å². The lowest BCUT2D eigenvalue weighted by Gasteiger charge is -2.10. The van der Waals surface area contributed by atoms with Gasteiger partial charge in [-0.25, -0.2) is 9.18 Å². The van der Waals surface area contributed by atoms with Gasteiger partial charge in [-0.1, -0.05) is 11.6 Å². The summed E-state index contributed by atoms with van der Waals surface area (Å²) < 4.78 is 13.5. The normalized spacial score (nSPS) is 10.2. The predicted molar refractivity (Wildman–Crippen MR) is 72.5 cm³/mol. The van der Waals surface area contributed by atoms with Gasteiger partial charge in [0.15, 0.2) is 0 Å². The summed E-state index contributed by atoms with van der Waals surface area (Å²) in [6.07, 6.45) is 0. The summed E-state index contributed by atoms with van der Waals surface area (Å²) in [4.78, 5) is 10.9. The highest BCUT2D eigenvalue weighted by Gasteiger charge is 2.10. The highest BCUT2D eigenvalue weighted by molar-refractivity contribution is 6.30. The molecule has 2 aromatic rings. The fraction of sp³-hybridized carbons (Fsp3) is 0. The van der Waals surface area contributed by atoms with Crippen LogP contribution in [0.2, 0.25) is 5.02 Å². The van der Waals surface area contributed by atoms with Gasteiger partial charge in [-0.3, -0.25) is 0 Å². The third-order valence-electron chi connectivity index (χ3n) is 2.49. The molecule has 0 unspecified atom stereocenters. The van der Waals surface area contributed by atoms with Crippen molar-refractivity contribution < 1.29 is 14.3 Å². The van der Waals surface area contributed by atoms with Crippen molar-refractivity contribution in [1.29, 1.82) is 0 Å². The summed E-state index contributed by atoms with van der Waals surface area (Å²) in [7, 11) is 0. The van der Waals surface area contributed by atoms with Crippen LogP contribution in [0.1, 0.15) is 10.4 Å². The summed E-state index contributed by atoms with van der Waals surface area (Å²) in [5, 5.41) is 12.1. The molecule has 0 heterocycles. The average molecular weight is 281 g/mol. The van der Waals surface area contributed by atoms with Crippen molar-refractivity contribution in [3.63, 3.8) is 0 Å². The summed E-state index contributed by atoms with van der Waals surface area (Å²) in [5.41, 5.74) is 6.20. The number of nitrogens with one attached hydrogen (secondary N) is 1. The molecule has 0 aliphatic heterocycles. The molecule has 6 heteroatoms. The van der Waals surface area contributed by atoms with Gasteiger partial charge >= 0.3 is 5.97 Å². The van der Waals surface area contributed by atoms with Gasteiger partial charge in [-0.15, -0.1) is 0 Å². The maximum atomic E-state index is 13.5. The minimum atomic E-state index is -1.15. The molecule has 0 atom stereocenters. The van der Waals surface area contributed by atoms with Gasteiger partial charge in [-0.2, -0.15) is 0 Å². The summed E-state index contributed by atoms with van der Waals surface area (Å²) in [6, 6.07) is 8.38. The molecule has 4 N–H and O–H groups in total. The maximum Gasteiger partial charge on any atom is 0.337 e. The molecule has 0 aliphatic carbocycles. The Bertz CT molecular complexity index is 647. The Morgan fingerprint density at radius 2 is 2.00 bits per heavy atom. The van der Waals surface area contributed by atoms with Gasteiger partial charge < -0.3 is 16.2 Å². The van der Waals surface area contributed by atoms with Gasteiger partial charge in [0.2, 0.25) is 0 Å². The third kappa shape index (κ3) is 2.95. The second-order valence-corrected chi connectivity index (χ2v) is 4.29. The first kappa shape index (κ1) is 13.2. The number of anilines is 3. The van der Waals surface area contributed by atoms with E-state index in [-0.39, 0.29) is 16.9 Å². The number of carboxylic acids is 1. The Morgan fingerprint density at radius 1 is 1.26 bits per heavy atom. The molecule has 0 saturated heterocycles. The number of benzene rings is 2. The summed E-state index contributed by atoms with van der Waals surface area (Å²) >= 11 is 5.77. The second kappa shape index (κ2) is 5.16. The van der Waals surface area contributed by atoms with Crippen LogP contribution in [0.25, 0.3) is 0 Å².